The molecule has 0 aliphatic carbocycles. The van der Waals surface area contributed by atoms with Crippen LogP contribution < -0.4 is 9.47 Å². The Morgan fingerprint density at radius 3 is 2.83 bits per heavy atom. The van der Waals surface area contributed by atoms with Gasteiger partial charge in [-0.05, 0) is 36.8 Å². The van der Waals surface area contributed by atoms with Gasteiger partial charge in [0.25, 0.3) is 0 Å². The number of aromatic amines is 1. The van der Waals surface area contributed by atoms with Crippen LogP contribution in [-0.2, 0) is 0 Å². The molecule has 0 radical (unpaired) electrons. The summed E-state index contributed by atoms with van der Waals surface area (Å²) in [6.45, 7) is 0.579. The minimum atomic E-state index is 0.579. The van der Waals surface area contributed by atoms with Gasteiger partial charge in [-0.15, -0.1) is 11.6 Å². The minimum absolute atomic E-state index is 0.579. The Morgan fingerprint density at radius 1 is 1.17 bits per heavy atom. The molecule has 0 unspecified atom stereocenters. The second kappa shape index (κ2) is 7.11. The van der Waals surface area contributed by atoms with E-state index in [4.69, 9.17) is 32.7 Å². The number of imidazole rings is 1. The van der Waals surface area contributed by atoms with E-state index >= 15 is 0 Å². The molecule has 3 aromatic rings. The first kappa shape index (κ1) is 16.0. The lowest BCUT2D eigenvalue weighted by molar-refractivity contribution is 0.315. The van der Waals surface area contributed by atoms with Crippen molar-refractivity contribution in [2.24, 2.45) is 0 Å². The second-order valence-electron chi connectivity index (χ2n) is 5.00. The predicted octanol–water partition coefficient (Wildman–Crippen LogP) is 4.90. The van der Waals surface area contributed by atoms with Gasteiger partial charge in [0.05, 0.1) is 30.3 Å². The molecule has 0 aliphatic rings. The third-order valence-electron chi connectivity index (χ3n) is 3.42. The van der Waals surface area contributed by atoms with Gasteiger partial charge in [-0.1, -0.05) is 11.6 Å². The predicted molar refractivity (Wildman–Crippen MR) is 93.9 cm³/mol. The summed E-state index contributed by atoms with van der Waals surface area (Å²) < 4.78 is 11.1. The lowest BCUT2D eigenvalue weighted by Gasteiger charge is -2.10. The van der Waals surface area contributed by atoms with Crippen molar-refractivity contribution in [3.05, 3.63) is 41.4 Å². The Bertz CT molecular complexity index is 817. The van der Waals surface area contributed by atoms with E-state index in [1.54, 1.807) is 7.11 Å². The molecule has 0 atom stereocenters. The number of alkyl halides is 1. The molecule has 0 amide bonds. The summed E-state index contributed by atoms with van der Waals surface area (Å²) in [5.74, 6) is 2.75. The molecule has 0 fully saturated rings. The van der Waals surface area contributed by atoms with Gasteiger partial charge >= 0.3 is 0 Å². The highest BCUT2D eigenvalue weighted by Gasteiger charge is 2.12. The van der Waals surface area contributed by atoms with Gasteiger partial charge < -0.3 is 14.5 Å². The summed E-state index contributed by atoms with van der Waals surface area (Å²) in [4.78, 5) is 7.85. The van der Waals surface area contributed by atoms with Crippen molar-refractivity contribution in [1.82, 2.24) is 9.97 Å². The normalized spacial score (nSPS) is 10.9. The van der Waals surface area contributed by atoms with Gasteiger partial charge in [0.1, 0.15) is 17.3 Å². The van der Waals surface area contributed by atoms with E-state index in [1.165, 1.54) is 0 Å². The first-order valence-corrected chi connectivity index (χ1v) is 8.15. The van der Waals surface area contributed by atoms with Crippen molar-refractivity contribution >= 4 is 34.2 Å². The number of H-pyrrole nitrogens is 1. The maximum Gasteiger partial charge on any atom is 0.142 e. The zero-order valence-corrected chi connectivity index (χ0v) is 14.1. The lowest BCUT2D eigenvalue weighted by atomic mass is 10.2. The van der Waals surface area contributed by atoms with Crippen LogP contribution in [0.3, 0.4) is 0 Å². The van der Waals surface area contributed by atoms with Crippen molar-refractivity contribution in [3.63, 3.8) is 0 Å². The number of nitrogens with one attached hydrogen (secondary N) is 1. The second-order valence-corrected chi connectivity index (χ2v) is 5.81. The van der Waals surface area contributed by atoms with Gasteiger partial charge in [0.15, 0.2) is 0 Å². The zero-order valence-electron chi connectivity index (χ0n) is 12.6. The number of aromatic nitrogens is 2. The van der Waals surface area contributed by atoms with Crippen molar-refractivity contribution in [2.45, 2.75) is 6.42 Å². The highest BCUT2D eigenvalue weighted by atomic mass is 35.5. The van der Waals surface area contributed by atoms with Crippen LogP contribution in [0, 0.1) is 0 Å². The van der Waals surface area contributed by atoms with Crippen molar-refractivity contribution < 1.29 is 9.47 Å². The van der Waals surface area contributed by atoms with Gasteiger partial charge in [-0.2, -0.15) is 0 Å². The third-order valence-corrected chi connectivity index (χ3v) is 3.92. The van der Waals surface area contributed by atoms with Crippen LogP contribution in [0.15, 0.2) is 36.4 Å². The maximum absolute atomic E-state index is 6.02. The molecular formula is C17H16Cl2N2O2. The number of ether oxygens (including phenoxy) is 2. The topological polar surface area (TPSA) is 47.1 Å². The van der Waals surface area contributed by atoms with E-state index in [0.717, 1.165) is 34.6 Å². The fraction of sp³-hybridized carbons (Fsp3) is 0.235. The van der Waals surface area contributed by atoms with Gasteiger partial charge in [-0.3, -0.25) is 0 Å². The summed E-state index contributed by atoms with van der Waals surface area (Å²) in [6, 6.07) is 11.2. The molecule has 1 N–H and O–H groups in total. The van der Waals surface area contributed by atoms with Crippen LogP contribution in [0.25, 0.3) is 22.4 Å². The van der Waals surface area contributed by atoms with Crippen LogP contribution >= 0.6 is 23.2 Å². The van der Waals surface area contributed by atoms with E-state index in [0.29, 0.717) is 23.3 Å². The monoisotopic (exact) mass is 350 g/mol. The minimum Gasteiger partial charge on any atom is -0.496 e. The molecule has 6 heteroatoms. The molecule has 0 saturated heterocycles. The lowest BCUT2D eigenvalue weighted by Crippen LogP contribution is -1.98. The van der Waals surface area contributed by atoms with E-state index in [-0.39, 0.29) is 0 Å². The average Bonchev–Trinajstić information content (AvgIpc) is 2.97. The summed E-state index contributed by atoms with van der Waals surface area (Å²) in [5.41, 5.74) is 2.61. The number of halogens is 2. The van der Waals surface area contributed by atoms with E-state index < -0.39 is 0 Å². The Morgan fingerprint density at radius 2 is 2.04 bits per heavy atom. The first-order valence-electron chi connectivity index (χ1n) is 7.23. The van der Waals surface area contributed by atoms with Crippen LogP contribution in [0.2, 0.25) is 5.02 Å². The number of fused-ring (bicyclic) bond motifs is 1. The molecule has 23 heavy (non-hydrogen) atoms. The SMILES string of the molecule is COc1cc(OCCCCl)ccc1-c1nc2ccc(Cl)cc2[nH]1. The molecule has 4 nitrogen and oxygen atoms in total. The molecule has 0 bridgehead atoms. The third kappa shape index (κ3) is 3.54. The molecule has 1 heterocycles. The number of benzene rings is 2. The summed E-state index contributed by atoms with van der Waals surface area (Å²) in [6.07, 6.45) is 0.802. The number of nitrogens with zero attached hydrogens (tertiary/aromatic N) is 1. The highest BCUT2D eigenvalue weighted by molar-refractivity contribution is 6.31. The van der Waals surface area contributed by atoms with E-state index in [9.17, 15) is 0 Å². The van der Waals surface area contributed by atoms with Crippen molar-refractivity contribution in [1.29, 1.82) is 0 Å². The summed E-state index contributed by atoms with van der Waals surface area (Å²) >= 11 is 11.7. The molecule has 0 aliphatic heterocycles. The number of hydrogen-bond donors (Lipinski definition) is 1. The Hall–Kier alpha value is -1.91. The maximum atomic E-state index is 6.02. The Balaban J connectivity index is 1.93. The van der Waals surface area contributed by atoms with Gasteiger partial charge in [0, 0.05) is 17.0 Å². The Labute approximate surface area is 144 Å². The van der Waals surface area contributed by atoms with Crippen molar-refractivity contribution in [3.8, 4) is 22.9 Å². The molecular weight excluding hydrogens is 335 g/mol. The summed E-state index contributed by atoms with van der Waals surface area (Å²) in [7, 11) is 1.63. The van der Waals surface area contributed by atoms with Gasteiger partial charge in [-0.25, -0.2) is 4.98 Å². The smallest absolute Gasteiger partial charge is 0.142 e. The number of hydrogen-bond acceptors (Lipinski definition) is 3. The van der Waals surface area contributed by atoms with Crippen LogP contribution in [0.4, 0.5) is 0 Å². The quantitative estimate of drug-likeness (QED) is 0.508. The Kier molecular flexibility index (Phi) is 4.94. The standard InChI is InChI=1S/C17H16Cl2N2O2/c1-22-16-10-12(23-8-2-7-18)4-5-13(16)17-20-14-6-3-11(19)9-15(14)21-17/h3-6,9-10H,2,7-8H2,1H3,(H,20,21). The molecule has 2 aromatic carbocycles. The molecule has 0 saturated carbocycles. The van der Waals surface area contributed by atoms with Crippen LogP contribution in [-0.4, -0.2) is 29.6 Å². The average molecular weight is 351 g/mol. The van der Waals surface area contributed by atoms with E-state index in [1.807, 2.05) is 36.4 Å². The van der Waals surface area contributed by atoms with Crippen LogP contribution in [0.1, 0.15) is 6.42 Å². The number of rotatable bonds is 6. The fourth-order valence-corrected chi connectivity index (χ4v) is 2.59. The highest BCUT2D eigenvalue weighted by Crippen LogP contribution is 2.33. The van der Waals surface area contributed by atoms with Gasteiger partial charge in [0.2, 0.25) is 0 Å². The van der Waals surface area contributed by atoms with Crippen LogP contribution in [0.5, 0.6) is 11.5 Å². The van der Waals surface area contributed by atoms with Crippen molar-refractivity contribution in [2.75, 3.05) is 19.6 Å². The molecule has 3 rings (SSSR count). The molecule has 120 valence electrons. The molecule has 1 aromatic heterocycles. The fourth-order valence-electron chi connectivity index (χ4n) is 2.31. The largest absolute Gasteiger partial charge is 0.496 e. The summed E-state index contributed by atoms with van der Waals surface area (Å²) in [5, 5.41) is 0.669. The number of methoxy groups -OCH3 is 1. The zero-order chi connectivity index (χ0) is 16.2. The first-order chi connectivity index (χ1) is 11.2. The van der Waals surface area contributed by atoms with E-state index in [2.05, 4.69) is 9.97 Å². The molecule has 0 spiro atoms.